The van der Waals surface area contributed by atoms with Crippen molar-refractivity contribution in [3.8, 4) is 10.6 Å². The van der Waals surface area contributed by atoms with Crippen molar-refractivity contribution >= 4 is 11.5 Å². The minimum absolute atomic E-state index is 0.630. The summed E-state index contributed by atoms with van der Waals surface area (Å²) in [5.41, 5.74) is 3.51. The average Bonchev–Trinajstić information content (AvgIpc) is 2.73. The third-order valence-electron chi connectivity index (χ3n) is 2.62. The topological polar surface area (TPSA) is 52.7 Å². The van der Waals surface area contributed by atoms with Crippen LogP contribution in [0, 0.1) is 26.0 Å². The van der Waals surface area contributed by atoms with E-state index >= 15 is 0 Å². The zero-order valence-corrected chi connectivity index (χ0v) is 9.63. The molecule has 5 heteroatoms. The molecule has 0 saturated carbocycles. The second kappa shape index (κ2) is 3.58. The van der Waals surface area contributed by atoms with Gasteiger partial charge in [0.15, 0.2) is 5.69 Å². The van der Waals surface area contributed by atoms with Crippen molar-refractivity contribution in [1.82, 2.24) is 9.59 Å². The van der Waals surface area contributed by atoms with Gasteiger partial charge in [0.2, 0.25) is 5.69 Å². The molecule has 0 spiro atoms. The lowest BCUT2D eigenvalue weighted by atomic mass is 10.1. The van der Waals surface area contributed by atoms with Crippen LogP contribution < -0.4 is 4.73 Å². The van der Waals surface area contributed by atoms with Gasteiger partial charge in [-0.1, -0.05) is 4.49 Å². The lowest BCUT2D eigenvalue weighted by molar-refractivity contribution is -0.601. The monoisotopic (exact) mass is 221 g/mol. The van der Waals surface area contributed by atoms with Gasteiger partial charge in [0, 0.05) is 18.6 Å². The predicted octanol–water partition coefficient (Wildman–Crippen LogP) is 1.76. The number of rotatable bonds is 1. The van der Waals surface area contributed by atoms with Crippen LogP contribution in [0.3, 0.4) is 0 Å². The first-order chi connectivity index (χ1) is 7.11. The fraction of sp³-hybridized carbons (Fsp3) is 0.300. The maximum atomic E-state index is 11.9. The summed E-state index contributed by atoms with van der Waals surface area (Å²) < 4.78 is 4.70. The number of hydrogen-bond donors (Lipinski definition) is 0. The van der Waals surface area contributed by atoms with Gasteiger partial charge < -0.3 is 5.21 Å². The van der Waals surface area contributed by atoms with Gasteiger partial charge >= 0.3 is 0 Å². The molecule has 0 N–H and O–H groups in total. The Morgan fingerprint density at radius 1 is 1.33 bits per heavy atom. The van der Waals surface area contributed by atoms with Crippen molar-refractivity contribution in [2.24, 2.45) is 0 Å². The second-order valence-corrected chi connectivity index (χ2v) is 4.28. The summed E-state index contributed by atoms with van der Waals surface area (Å²) in [5.74, 6) is 0. The normalized spacial score (nSPS) is 10.6. The summed E-state index contributed by atoms with van der Waals surface area (Å²) >= 11 is 1.23. The van der Waals surface area contributed by atoms with Crippen molar-refractivity contribution in [3.05, 3.63) is 34.3 Å². The molecular formula is C10H11N3OS. The number of aromatic nitrogens is 3. The van der Waals surface area contributed by atoms with Crippen LogP contribution in [0.25, 0.3) is 10.6 Å². The van der Waals surface area contributed by atoms with Crippen molar-refractivity contribution in [1.29, 1.82) is 0 Å². The largest absolute Gasteiger partial charge is 0.618 e. The molecule has 2 aromatic rings. The molecule has 2 aromatic heterocycles. The van der Waals surface area contributed by atoms with E-state index in [9.17, 15) is 5.21 Å². The Morgan fingerprint density at radius 2 is 2.07 bits per heavy atom. The van der Waals surface area contributed by atoms with Crippen LogP contribution in [-0.2, 0) is 0 Å². The summed E-state index contributed by atoms with van der Waals surface area (Å²) in [7, 11) is 0. The number of aryl methyl sites for hydroxylation is 1. The Balaban J connectivity index is 2.69. The first-order valence-corrected chi connectivity index (χ1v) is 5.36. The maximum absolute atomic E-state index is 11.9. The van der Waals surface area contributed by atoms with Crippen molar-refractivity contribution < 1.29 is 4.73 Å². The molecule has 78 valence electrons. The van der Waals surface area contributed by atoms with Gasteiger partial charge in [-0.05, 0) is 30.9 Å². The molecule has 0 unspecified atom stereocenters. The zero-order chi connectivity index (χ0) is 11.0. The molecule has 15 heavy (non-hydrogen) atoms. The standard InChI is InChI=1S/C10H11N3OS/c1-6-4-9(10-5-11-12-15-10)13(14)8(3)7(6)2/h4-5H,1-3H3. The molecule has 0 atom stereocenters. The molecule has 0 aliphatic heterocycles. The van der Waals surface area contributed by atoms with E-state index in [4.69, 9.17) is 0 Å². The summed E-state index contributed by atoms with van der Waals surface area (Å²) in [6.07, 6.45) is 1.61. The van der Waals surface area contributed by atoms with E-state index in [2.05, 4.69) is 9.59 Å². The molecule has 2 rings (SSSR count). The van der Waals surface area contributed by atoms with Gasteiger partial charge in [-0.3, -0.25) is 0 Å². The molecule has 0 aliphatic rings. The third-order valence-corrected chi connectivity index (χ3v) is 3.31. The van der Waals surface area contributed by atoms with Crippen molar-refractivity contribution in [2.75, 3.05) is 0 Å². The Hall–Kier alpha value is -1.49. The Morgan fingerprint density at radius 3 is 2.67 bits per heavy atom. The third kappa shape index (κ3) is 1.59. The molecule has 0 aliphatic carbocycles. The fourth-order valence-corrected chi connectivity index (χ4v) is 1.95. The van der Waals surface area contributed by atoms with Gasteiger partial charge in [-0.2, -0.15) is 4.73 Å². The first-order valence-electron chi connectivity index (χ1n) is 4.59. The molecule has 0 aromatic carbocycles. The van der Waals surface area contributed by atoms with E-state index in [-0.39, 0.29) is 0 Å². The number of pyridine rings is 1. The molecule has 2 heterocycles. The van der Waals surface area contributed by atoms with Crippen molar-refractivity contribution in [2.45, 2.75) is 20.8 Å². The molecule has 0 amide bonds. The van der Waals surface area contributed by atoms with E-state index in [1.165, 1.54) is 11.5 Å². The Bertz CT molecular complexity index is 494. The SMILES string of the molecule is Cc1cc(-c2cnns2)[n+]([O-])c(C)c1C. The quantitative estimate of drug-likeness (QED) is 0.544. The fourth-order valence-electron chi connectivity index (χ4n) is 1.44. The predicted molar refractivity (Wildman–Crippen MR) is 58.5 cm³/mol. The highest BCUT2D eigenvalue weighted by molar-refractivity contribution is 7.09. The van der Waals surface area contributed by atoms with Gasteiger partial charge in [-0.15, -0.1) is 5.10 Å². The summed E-state index contributed by atoms with van der Waals surface area (Å²) in [6.45, 7) is 5.78. The molecule has 4 nitrogen and oxygen atoms in total. The summed E-state index contributed by atoms with van der Waals surface area (Å²) in [5, 5.41) is 15.6. The minimum atomic E-state index is 0.630. The first kappa shape index (κ1) is 10.0. The van der Waals surface area contributed by atoms with E-state index in [1.807, 2.05) is 26.8 Å². The highest BCUT2D eigenvalue weighted by Crippen LogP contribution is 2.21. The van der Waals surface area contributed by atoms with Crippen LogP contribution in [0.2, 0.25) is 0 Å². The van der Waals surface area contributed by atoms with E-state index < -0.39 is 0 Å². The van der Waals surface area contributed by atoms with E-state index in [0.717, 1.165) is 26.4 Å². The van der Waals surface area contributed by atoms with Gasteiger partial charge in [0.25, 0.3) is 0 Å². The smallest absolute Gasteiger partial charge is 0.237 e. The van der Waals surface area contributed by atoms with Crippen molar-refractivity contribution in [3.63, 3.8) is 0 Å². The highest BCUT2D eigenvalue weighted by atomic mass is 32.1. The van der Waals surface area contributed by atoms with Crippen LogP contribution in [0.15, 0.2) is 12.3 Å². The zero-order valence-electron chi connectivity index (χ0n) is 8.81. The number of hydrogen-bond acceptors (Lipinski definition) is 4. The lowest BCUT2D eigenvalue weighted by Gasteiger charge is -2.09. The van der Waals surface area contributed by atoms with Crippen LogP contribution in [0.5, 0.6) is 0 Å². The van der Waals surface area contributed by atoms with E-state index in [0.29, 0.717) is 5.69 Å². The molecular weight excluding hydrogens is 210 g/mol. The average molecular weight is 221 g/mol. The van der Waals surface area contributed by atoms with Crippen LogP contribution in [-0.4, -0.2) is 9.59 Å². The molecule has 0 fully saturated rings. The van der Waals surface area contributed by atoms with Gasteiger partial charge in [-0.25, -0.2) is 0 Å². The minimum Gasteiger partial charge on any atom is -0.618 e. The highest BCUT2D eigenvalue weighted by Gasteiger charge is 2.17. The number of nitrogens with zero attached hydrogens (tertiary/aromatic N) is 3. The van der Waals surface area contributed by atoms with Crippen LogP contribution in [0.4, 0.5) is 0 Å². The van der Waals surface area contributed by atoms with Gasteiger partial charge in [0.1, 0.15) is 4.88 Å². The second-order valence-electron chi connectivity index (χ2n) is 3.50. The Labute approximate surface area is 92.0 Å². The molecule has 0 radical (unpaired) electrons. The summed E-state index contributed by atoms with van der Waals surface area (Å²) in [6, 6.07) is 1.88. The van der Waals surface area contributed by atoms with E-state index in [1.54, 1.807) is 6.20 Å². The van der Waals surface area contributed by atoms with Crippen LogP contribution >= 0.6 is 11.5 Å². The molecule has 0 bridgehead atoms. The van der Waals surface area contributed by atoms with Gasteiger partial charge in [0.05, 0.1) is 6.20 Å². The molecule has 0 saturated heterocycles. The Kier molecular flexibility index (Phi) is 2.40. The lowest BCUT2D eigenvalue weighted by Crippen LogP contribution is -2.34. The van der Waals surface area contributed by atoms with Crippen LogP contribution in [0.1, 0.15) is 16.8 Å². The summed E-state index contributed by atoms with van der Waals surface area (Å²) in [4.78, 5) is 0.802. The maximum Gasteiger partial charge on any atom is 0.237 e.